The van der Waals surface area contributed by atoms with Crippen molar-refractivity contribution in [1.82, 2.24) is 9.97 Å². The Labute approximate surface area is 117 Å². The maximum absolute atomic E-state index is 5.67. The third-order valence-corrected chi connectivity index (χ3v) is 4.01. The van der Waals surface area contributed by atoms with Crippen LogP contribution >= 0.6 is 23.5 Å². The van der Waals surface area contributed by atoms with Gasteiger partial charge in [0.05, 0.1) is 6.10 Å². The van der Waals surface area contributed by atoms with Crippen LogP contribution in [0.25, 0.3) is 0 Å². The minimum absolute atomic E-state index is 0.262. The van der Waals surface area contributed by atoms with Gasteiger partial charge in [0.25, 0.3) is 0 Å². The van der Waals surface area contributed by atoms with Crippen molar-refractivity contribution in [1.29, 1.82) is 0 Å². The molecule has 100 valence electrons. The molecule has 0 aliphatic carbocycles. The fourth-order valence-electron chi connectivity index (χ4n) is 1.95. The molecule has 0 saturated carbocycles. The van der Waals surface area contributed by atoms with Crippen LogP contribution in [-0.2, 0) is 4.74 Å². The molecule has 0 amide bonds. The molecule has 1 aromatic heterocycles. The number of ether oxygens (including phenoxy) is 1. The van der Waals surface area contributed by atoms with E-state index in [-0.39, 0.29) is 6.10 Å². The monoisotopic (exact) mass is 285 g/mol. The zero-order chi connectivity index (χ0) is 13.0. The van der Waals surface area contributed by atoms with Gasteiger partial charge >= 0.3 is 0 Å². The molecule has 4 nitrogen and oxygen atoms in total. The first-order valence-electron chi connectivity index (χ1n) is 6.06. The molecular weight excluding hydrogens is 266 g/mol. The zero-order valence-corrected chi connectivity index (χ0v) is 12.7. The average Bonchev–Trinajstić information content (AvgIpc) is 2.62. The quantitative estimate of drug-likeness (QED) is 0.483. The maximum atomic E-state index is 5.67. The van der Waals surface area contributed by atoms with Crippen molar-refractivity contribution in [2.45, 2.75) is 29.6 Å². The van der Waals surface area contributed by atoms with Crippen molar-refractivity contribution < 1.29 is 4.74 Å². The van der Waals surface area contributed by atoms with E-state index in [1.165, 1.54) is 0 Å². The molecule has 6 heteroatoms. The second-order valence-corrected chi connectivity index (χ2v) is 5.84. The van der Waals surface area contributed by atoms with Gasteiger partial charge in [-0.05, 0) is 25.9 Å². The SMILES string of the molecule is CSc1cc(N2CCCO[C@H](C)C2)nc(SC)n1. The van der Waals surface area contributed by atoms with Crippen LogP contribution in [0.15, 0.2) is 16.2 Å². The van der Waals surface area contributed by atoms with Gasteiger partial charge in [-0.15, -0.1) is 11.8 Å². The zero-order valence-electron chi connectivity index (χ0n) is 11.0. The molecule has 0 unspecified atom stereocenters. The van der Waals surface area contributed by atoms with E-state index in [0.29, 0.717) is 0 Å². The third-order valence-electron chi connectivity index (χ3n) is 2.84. The molecule has 0 spiro atoms. The minimum atomic E-state index is 0.262. The molecule has 2 heterocycles. The van der Waals surface area contributed by atoms with Crippen LogP contribution in [0.5, 0.6) is 0 Å². The average molecular weight is 285 g/mol. The predicted octanol–water partition coefficient (Wildman–Crippen LogP) is 2.54. The molecule has 1 aliphatic rings. The lowest BCUT2D eigenvalue weighted by molar-refractivity contribution is 0.0820. The Hall–Kier alpha value is -0.460. The van der Waals surface area contributed by atoms with Crippen LogP contribution in [0.4, 0.5) is 5.82 Å². The fraction of sp³-hybridized carbons (Fsp3) is 0.667. The van der Waals surface area contributed by atoms with Crippen LogP contribution in [0.3, 0.4) is 0 Å². The molecule has 2 rings (SSSR count). The smallest absolute Gasteiger partial charge is 0.190 e. The van der Waals surface area contributed by atoms with Gasteiger partial charge in [0.2, 0.25) is 0 Å². The van der Waals surface area contributed by atoms with Crippen molar-refractivity contribution >= 4 is 29.3 Å². The molecular formula is C12H19N3OS2. The van der Waals surface area contributed by atoms with Crippen LogP contribution in [0.1, 0.15) is 13.3 Å². The van der Waals surface area contributed by atoms with Gasteiger partial charge in [-0.3, -0.25) is 0 Å². The van der Waals surface area contributed by atoms with E-state index < -0.39 is 0 Å². The standard InChI is InChI=1S/C12H19N3OS2/c1-9-8-15(5-4-6-16-9)10-7-11(17-2)14-12(13-10)18-3/h7,9H,4-6,8H2,1-3H3/t9-/m1/s1. The summed E-state index contributed by atoms with van der Waals surface area (Å²) in [6.07, 6.45) is 5.37. The van der Waals surface area contributed by atoms with Crippen LogP contribution < -0.4 is 4.90 Å². The Morgan fingerprint density at radius 3 is 2.89 bits per heavy atom. The van der Waals surface area contributed by atoms with Gasteiger partial charge in [0.15, 0.2) is 5.16 Å². The summed E-state index contributed by atoms with van der Waals surface area (Å²) in [6.45, 7) is 4.86. The summed E-state index contributed by atoms with van der Waals surface area (Å²) >= 11 is 3.25. The van der Waals surface area contributed by atoms with E-state index in [1.807, 2.05) is 12.5 Å². The summed E-state index contributed by atoms with van der Waals surface area (Å²) in [5.74, 6) is 1.02. The highest BCUT2D eigenvalue weighted by Crippen LogP contribution is 2.23. The fourth-order valence-corrected chi connectivity index (χ4v) is 2.79. The first kappa shape index (κ1) is 14.0. The van der Waals surface area contributed by atoms with E-state index in [9.17, 15) is 0 Å². The first-order valence-corrected chi connectivity index (χ1v) is 8.51. The van der Waals surface area contributed by atoms with Crippen molar-refractivity contribution in [3.05, 3.63) is 6.07 Å². The lowest BCUT2D eigenvalue weighted by atomic mass is 10.3. The summed E-state index contributed by atoms with van der Waals surface area (Å²) in [5, 5.41) is 1.87. The van der Waals surface area contributed by atoms with E-state index >= 15 is 0 Å². The number of rotatable bonds is 3. The van der Waals surface area contributed by atoms with Crippen LogP contribution in [-0.4, -0.2) is 48.3 Å². The van der Waals surface area contributed by atoms with Crippen molar-refractivity contribution in [3.63, 3.8) is 0 Å². The van der Waals surface area contributed by atoms with Gasteiger partial charge < -0.3 is 9.64 Å². The van der Waals surface area contributed by atoms with Gasteiger partial charge in [-0.25, -0.2) is 9.97 Å². The first-order chi connectivity index (χ1) is 8.72. The van der Waals surface area contributed by atoms with E-state index in [2.05, 4.69) is 27.9 Å². The Morgan fingerprint density at radius 2 is 2.17 bits per heavy atom. The highest BCUT2D eigenvalue weighted by molar-refractivity contribution is 7.99. The summed E-state index contributed by atoms with van der Waals surface area (Å²) < 4.78 is 5.67. The number of hydrogen-bond donors (Lipinski definition) is 0. The van der Waals surface area contributed by atoms with Crippen molar-refractivity contribution in [2.24, 2.45) is 0 Å². The normalized spacial score (nSPS) is 20.8. The molecule has 1 saturated heterocycles. The Morgan fingerprint density at radius 1 is 1.33 bits per heavy atom. The summed E-state index contributed by atoms with van der Waals surface area (Å²) in [5.41, 5.74) is 0. The second-order valence-electron chi connectivity index (χ2n) is 4.24. The molecule has 0 radical (unpaired) electrons. The van der Waals surface area contributed by atoms with Crippen molar-refractivity contribution in [2.75, 3.05) is 37.1 Å². The molecule has 1 atom stereocenters. The summed E-state index contributed by atoms with van der Waals surface area (Å²) in [6, 6.07) is 2.07. The van der Waals surface area contributed by atoms with Crippen molar-refractivity contribution in [3.8, 4) is 0 Å². The van der Waals surface area contributed by atoms with Crippen LogP contribution in [0.2, 0.25) is 0 Å². The topological polar surface area (TPSA) is 38.2 Å². The Kier molecular flexibility index (Phi) is 5.14. The number of hydrogen-bond acceptors (Lipinski definition) is 6. The third kappa shape index (κ3) is 3.52. The molecule has 0 bridgehead atoms. The maximum Gasteiger partial charge on any atom is 0.190 e. The number of nitrogens with zero attached hydrogens (tertiary/aromatic N) is 3. The summed E-state index contributed by atoms with van der Waals surface area (Å²) in [4.78, 5) is 11.4. The number of thioether (sulfide) groups is 2. The van der Waals surface area contributed by atoms with Gasteiger partial charge in [-0.2, -0.15) is 0 Å². The van der Waals surface area contributed by atoms with E-state index in [0.717, 1.165) is 42.1 Å². The molecule has 18 heavy (non-hydrogen) atoms. The summed E-state index contributed by atoms with van der Waals surface area (Å²) in [7, 11) is 0. The van der Waals surface area contributed by atoms with E-state index in [4.69, 9.17) is 4.74 Å². The molecule has 0 N–H and O–H groups in total. The van der Waals surface area contributed by atoms with E-state index in [1.54, 1.807) is 23.5 Å². The molecule has 1 aliphatic heterocycles. The predicted molar refractivity (Wildman–Crippen MR) is 77.8 cm³/mol. The van der Waals surface area contributed by atoms with Gasteiger partial charge in [0.1, 0.15) is 10.8 Å². The largest absolute Gasteiger partial charge is 0.377 e. The number of aromatic nitrogens is 2. The molecule has 1 aromatic rings. The van der Waals surface area contributed by atoms with Crippen LogP contribution in [0, 0.1) is 0 Å². The van der Waals surface area contributed by atoms with Gasteiger partial charge in [-0.1, -0.05) is 11.8 Å². The Bertz CT molecular complexity index is 381. The lowest BCUT2D eigenvalue weighted by Crippen LogP contribution is -2.31. The molecule has 0 aromatic carbocycles. The highest BCUT2D eigenvalue weighted by atomic mass is 32.2. The number of anilines is 1. The minimum Gasteiger partial charge on any atom is -0.377 e. The second kappa shape index (κ2) is 6.63. The van der Waals surface area contributed by atoms with Gasteiger partial charge in [0, 0.05) is 25.8 Å². The highest BCUT2D eigenvalue weighted by Gasteiger charge is 2.17. The molecule has 1 fully saturated rings. The Balaban J connectivity index is 2.24. The lowest BCUT2D eigenvalue weighted by Gasteiger charge is -2.23.